The Morgan fingerprint density at radius 2 is 2.15 bits per heavy atom. The molecule has 0 spiro atoms. The van der Waals surface area contributed by atoms with Crippen LogP contribution in [-0.2, 0) is 6.54 Å². The normalized spacial score (nSPS) is 14.2. The van der Waals surface area contributed by atoms with E-state index in [1.165, 1.54) is 0 Å². The van der Waals surface area contributed by atoms with E-state index in [-0.39, 0.29) is 6.79 Å². The largest absolute Gasteiger partial charge is 0.454 e. The zero-order chi connectivity index (χ0) is 13.8. The van der Waals surface area contributed by atoms with Gasteiger partial charge in [0.1, 0.15) is 0 Å². The minimum absolute atomic E-state index is 0.244. The molecule has 2 aromatic rings. The summed E-state index contributed by atoms with van der Waals surface area (Å²) in [6.45, 7) is 1.39. The van der Waals surface area contributed by atoms with E-state index in [2.05, 4.69) is 10.3 Å². The quantitative estimate of drug-likeness (QED) is 0.866. The smallest absolute Gasteiger partial charge is 0.231 e. The number of fused-ring (bicyclic) bond motifs is 1. The number of aliphatic hydroxyl groups excluding tert-OH is 1. The second kappa shape index (κ2) is 5.90. The first-order chi connectivity index (χ1) is 9.83. The molecule has 1 aromatic heterocycles. The van der Waals surface area contributed by atoms with Gasteiger partial charge in [-0.15, -0.1) is 0 Å². The van der Waals surface area contributed by atoms with Gasteiger partial charge in [-0.25, -0.2) is 0 Å². The van der Waals surface area contributed by atoms with Crippen LogP contribution >= 0.6 is 0 Å². The van der Waals surface area contributed by atoms with Crippen molar-refractivity contribution in [2.45, 2.75) is 12.6 Å². The van der Waals surface area contributed by atoms with Gasteiger partial charge in [-0.05, 0) is 29.3 Å². The molecular weight excluding hydrogens is 256 g/mol. The summed E-state index contributed by atoms with van der Waals surface area (Å²) >= 11 is 0. The topological polar surface area (TPSA) is 63.6 Å². The Morgan fingerprint density at radius 3 is 3.00 bits per heavy atom. The highest BCUT2D eigenvalue weighted by molar-refractivity contribution is 5.45. The van der Waals surface area contributed by atoms with E-state index in [1.807, 2.05) is 30.3 Å². The van der Waals surface area contributed by atoms with E-state index in [4.69, 9.17) is 9.47 Å². The number of aromatic nitrogens is 1. The minimum atomic E-state index is -0.582. The van der Waals surface area contributed by atoms with Crippen LogP contribution < -0.4 is 14.8 Å². The molecule has 0 amide bonds. The molecule has 0 fully saturated rings. The maximum atomic E-state index is 10.2. The molecular formula is C15H16N2O3. The first-order valence-electron chi connectivity index (χ1n) is 6.50. The average molecular weight is 272 g/mol. The number of rotatable bonds is 5. The Morgan fingerprint density at radius 1 is 1.25 bits per heavy atom. The molecule has 1 unspecified atom stereocenters. The predicted molar refractivity (Wildman–Crippen MR) is 73.5 cm³/mol. The van der Waals surface area contributed by atoms with Crippen LogP contribution in [0.4, 0.5) is 0 Å². The fraction of sp³-hybridized carbons (Fsp3) is 0.267. The summed E-state index contributed by atoms with van der Waals surface area (Å²) in [5.74, 6) is 1.41. The highest BCUT2D eigenvalue weighted by Crippen LogP contribution is 2.34. The summed E-state index contributed by atoms with van der Waals surface area (Å²) in [6.07, 6.45) is 2.96. The number of benzene rings is 1. The third kappa shape index (κ3) is 2.89. The number of pyridine rings is 1. The van der Waals surface area contributed by atoms with Gasteiger partial charge in [-0.1, -0.05) is 12.1 Å². The Hall–Kier alpha value is -2.11. The zero-order valence-electron chi connectivity index (χ0n) is 11.0. The molecule has 0 aliphatic carbocycles. The van der Waals surface area contributed by atoms with Crippen LogP contribution in [-0.4, -0.2) is 23.4 Å². The maximum Gasteiger partial charge on any atom is 0.231 e. The van der Waals surface area contributed by atoms with Crippen LogP contribution in [0.25, 0.3) is 0 Å². The van der Waals surface area contributed by atoms with Crippen LogP contribution in [0, 0.1) is 0 Å². The summed E-state index contributed by atoms with van der Waals surface area (Å²) in [6, 6.07) is 9.38. The van der Waals surface area contributed by atoms with Gasteiger partial charge in [-0.3, -0.25) is 4.98 Å². The predicted octanol–water partition coefficient (Wildman–Crippen LogP) is 1.63. The molecule has 1 aromatic carbocycles. The van der Waals surface area contributed by atoms with Crippen LogP contribution in [0.5, 0.6) is 11.5 Å². The lowest BCUT2D eigenvalue weighted by atomic mass is 10.1. The molecule has 2 heterocycles. The standard InChI is InChI=1S/C15H16N2O3/c18-13(9-17-8-11-2-1-5-16-7-11)12-3-4-14-15(6-12)20-10-19-14/h1-7,13,17-18H,8-10H2. The van der Waals surface area contributed by atoms with Gasteiger partial charge in [0.15, 0.2) is 11.5 Å². The van der Waals surface area contributed by atoms with E-state index < -0.39 is 6.10 Å². The average Bonchev–Trinajstić information content (AvgIpc) is 2.95. The molecule has 0 bridgehead atoms. The van der Waals surface area contributed by atoms with Crippen molar-refractivity contribution in [2.24, 2.45) is 0 Å². The number of nitrogens with zero attached hydrogens (tertiary/aromatic N) is 1. The molecule has 1 aliphatic rings. The highest BCUT2D eigenvalue weighted by Gasteiger charge is 2.16. The summed E-state index contributed by atoms with van der Waals surface area (Å²) in [5.41, 5.74) is 1.90. The van der Waals surface area contributed by atoms with E-state index in [0.717, 1.165) is 16.9 Å². The number of nitrogens with one attached hydrogen (secondary N) is 1. The maximum absolute atomic E-state index is 10.2. The second-order valence-corrected chi connectivity index (χ2v) is 4.62. The van der Waals surface area contributed by atoms with Crippen molar-refractivity contribution in [1.29, 1.82) is 0 Å². The van der Waals surface area contributed by atoms with E-state index in [9.17, 15) is 5.11 Å². The molecule has 3 rings (SSSR count). The van der Waals surface area contributed by atoms with E-state index in [1.54, 1.807) is 12.4 Å². The van der Waals surface area contributed by atoms with Crippen molar-refractivity contribution < 1.29 is 14.6 Å². The molecule has 2 N–H and O–H groups in total. The first kappa shape index (κ1) is 12.9. The molecule has 20 heavy (non-hydrogen) atoms. The van der Waals surface area contributed by atoms with Crippen molar-refractivity contribution in [3.05, 3.63) is 53.9 Å². The Kier molecular flexibility index (Phi) is 3.80. The molecule has 1 atom stereocenters. The summed E-state index contributed by atoms with van der Waals surface area (Å²) < 4.78 is 10.5. The summed E-state index contributed by atoms with van der Waals surface area (Å²) in [7, 11) is 0. The minimum Gasteiger partial charge on any atom is -0.454 e. The SMILES string of the molecule is OC(CNCc1cccnc1)c1ccc2c(c1)OCO2. The highest BCUT2D eigenvalue weighted by atomic mass is 16.7. The lowest BCUT2D eigenvalue weighted by molar-refractivity contribution is 0.170. The Labute approximate surface area is 117 Å². The van der Waals surface area contributed by atoms with Crippen molar-refractivity contribution in [3.8, 4) is 11.5 Å². The number of hydrogen-bond acceptors (Lipinski definition) is 5. The van der Waals surface area contributed by atoms with Crippen molar-refractivity contribution in [2.75, 3.05) is 13.3 Å². The van der Waals surface area contributed by atoms with Gasteiger partial charge in [-0.2, -0.15) is 0 Å². The van der Waals surface area contributed by atoms with Crippen LogP contribution in [0.2, 0.25) is 0 Å². The third-order valence-electron chi connectivity index (χ3n) is 3.17. The fourth-order valence-electron chi connectivity index (χ4n) is 2.09. The zero-order valence-corrected chi connectivity index (χ0v) is 11.0. The fourth-order valence-corrected chi connectivity index (χ4v) is 2.09. The molecule has 5 nitrogen and oxygen atoms in total. The monoisotopic (exact) mass is 272 g/mol. The van der Waals surface area contributed by atoms with Crippen LogP contribution in [0.3, 0.4) is 0 Å². The van der Waals surface area contributed by atoms with Gasteiger partial charge in [0.25, 0.3) is 0 Å². The number of hydrogen-bond donors (Lipinski definition) is 2. The summed E-state index contributed by atoms with van der Waals surface area (Å²) in [4.78, 5) is 4.05. The van der Waals surface area contributed by atoms with Gasteiger partial charge in [0.05, 0.1) is 6.10 Å². The van der Waals surface area contributed by atoms with Gasteiger partial charge in [0.2, 0.25) is 6.79 Å². The Bertz CT molecular complexity index is 575. The number of ether oxygens (including phenoxy) is 2. The van der Waals surface area contributed by atoms with Crippen molar-refractivity contribution in [1.82, 2.24) is 10.3 Å². The molecule has 104 valence electrons. The number of aliphatic hydroxyl groups is 1. The van der Waals surface area contributed by atoms with E-state index in [0.29, 0.717) is 18.8 Å². The van der Waals surface area contributed by atoms with Crippen molar-refractivity contribution in [3.63, 3.8) is 0 Å². The third-order valence-corrected chi connectivity index (χ3v) is 3.17. The van der Waals surface area contributed by atoms with E-state index >= 15 is 0 Å². The van der Waals surface area contributed by atoms with Gasteiger partial charge >= 0.3 is 0 Å². The van der Waals surface area contributed by atoms with Crippen LogP contribution in [0.1, 0.15) is 17.2 Å². The van der Waals surface area contributed by atoms with Gasteiger partial charge < -0.3 is 19.9 Å². The molecule has 0 radical (unpaired) electrons. The lowest BCUT2D eigenvalue weighted by Crippen LogP contribution is -2.21. The van der Waals surface area contributed by atoms with Crippen LogP contribution in [0.15, 0.2) is 42.7 Å². The Balaban J connectivity index is 1.55. The molecule has 1 aliphatic heterocycles. The molecule has 0 saturated carbocycles. The molecule has 5 heteroatoms. The lowest BCUT2D eigenvalue weighted by Gasteiger charge is -2.12. The first-order valence-corrected chi connectivity index (χ1v) is 6.50. The summed E-state index contributed by atoms with van der Waals surface area (Å²) in [5, 5.41) is 13.4. The molecule has 0 saturated heterocycles. The second-order valence-electron chi connectivity index (χ2n) is 4.62. The van der Waals surface area contributed by atoms with Gasteiger partial charge in [0, 0.05) is 25.5 Å². The van der Waals surface area contributed by atoms with Crippen molar-refractivity contribution >= 4 is 0 Å².